The van der Waals surface area contributed by atoms with Crippen molar-refractivity contribution < 1.29 is 20.1 Å². The molecule has 3 rings (SSSR count). The number of hydrogen-bond acceptors (Lipinski definition) is 7. The Hall–Kier alpha value is -1.48. The maximum Gasteiger partial charge on any atom is 0.317 e. The predicted octanol–water partition coefficient (Wildman–Crippen LogP) is -0.174. The highest BCUT2D eigenvalue weighted by atomic mass is 35.5. The molecule has 1 saturated heterocycles. The summed E-state index contributed by atoms with van der Waals surface area (Å²) in [4.78, 5) is 11.5. The number of aliphatic hydroxyl groups excluding tert-OH is 2. The molecule has 0 radical (unpaired) electrons. The molecule has 102 valence electrons. The number of aliphatic hydroxyl groups is 2. The van der Waals surface area contributed by atoms with E-state index in [1.807, 2.05) is 0 Å². The number of ether oxygens (including phenoxy) is 1. The average Bonchev–Trinajstić information content (AvgIpc) is 2.92. The number of aromatic hydroxyl groups is 1. The van der Waals surface area contributed by atoms with Gasteiger partial charge in [0.25, 0.3) is 0 Å². The second-order valence-electron chi connectivity index (χ2n) is 4.25. The lowest BCUT2D eigenvalue weighted by molar-refractivity contribution is -0.0432. The molecular weight excluding hydrogens is 276 g/mol. The molecule has 2 aromatic heterocycles. The first-order chi connectivity index (χ1) is 9.10. The number of hydrogen-bond donors (Lipinski definition) is 3. The van der Waals surface area contributed by atoms with Gasteiger partial charge in [0.2, 0.25) is 0 Å². The number of rotatable bonds is 2. The largest absolute Gasteiger partial charge is 0.479 e. The predicted molar refractivity (Wildman–Crippen MR) is 63.6 cm³/mol. The van der Waals surface area contributed by atoms with Crippen LogP contribution in [0, 0.1) is 0 Å². The van der Waals surface area contributed by atoms with Crippen LogP contribution in [0.4, 0.5) is 0 Å². The molecule has 9 heteroatoms. The van der Waals surface area contributed by atoms with Crippen molar-refractivity contribution in [2.24, 2.45) is 0 Å². The number of nitrogens with zero attached hydrogens (tertiary/aromatic N) is 4. The van der Waals surface area contributed by atoms with Crippen LogP contribution in [-0.4, -0.2) is 53.7 Å². The molecule has 0 spiro atoms. The molecule has 0 aliphatic carbocycles. The maximum atomic E-state index is 9.71. The molecule has 0 unspecified atom stereocenters. The summed E-state index contributed by atoms with van der Waals surface area (Å²) < 4.78 is 7.04. The number of aromatic nitrogens is 4. The van der Waals surface area contributed by atoms with Crippen molar-refractivity contribution in [2.75, 3.05) is 6.61 Å². The van der Waals surface area contributed by atoms with E-state index in [0.29, 0.717) is 17.6 Å². The fourth-order valence-corrected chi connectivity index (χ4v) is 2.34. The highest BCUT2D eigenvalue weighted by Crippen LogP contribution is 2.32. The maximum absolute atomic E-state index is 9.71. The molecule has 19 heavy (non-hydrogen) atoms. The second kappa shape index (κ2) is 4.57. The SMILES string of the molecule is OC[C@@H]1O[C@@H](n2cnc3c(Cl)nc(O)nc32)C[C@H]1O. The summed E-state index contributed by atoms with van der Waals surface area (Å²) in [5.41, 5.74) is 0.651. The van der Waals surface area contributed by atoms with Crippen LogP contribution in [0.15, 0.2) is 6.33 Å². The van der Waals surface area contributed by atoms with Crippen molar-refractivity contribution in [2.45, 2.75) is 24.9 Å². The monoisotopic (exact) mass is 286 g/mol. The lowest BCUT2D eigenvalue weighted by atomic mass is 10.2. The van der Waals surface area contributed by atoms with Gasteiger partial charge in [0.1, 0.15) is 17.8 Å². The zero-order valence-corrected chi connectivity index (χ0v) is 10.4. The standard InChI is InChI=1S/C10H11ClN4O4/c11-8-7-9(14-10(18)13-8)15(3-12-7)6-1-4(17)5(2-16)19-6/h3-6,16-17H,1-2H2,(H,13,14,18)/t4-,5+,6-/m1/s1. The first-order valence-corrected chi connectivity index (χ1v) is 6.01. The van der Waals surface area contributed by atoms with Crippen LogP contribution in [0.25, 0.3) is 11.2 Å². The Balaban J connectivity index is 2.02. The summed E-state index contributed by atoms with van der Waals surface area (Å²) in [7, 11) is 0. The number of imidazole rings is 1. The lowest BCUT2D eigenvalue weighted by Crippen LogP contribution is -2.24. The minimum Gasteiger partial charge on any atom is -0.479 e. The van der Waals surface area contributed by atoms with Gasteiger partial charge in [-0.05, 0) is 0 Å². The Labute approximate surface area is 112 Å². The molecule has 3 N–H and O–H groups in total. The first kappa shape index (κ1) is 12.5. The highest BCUT2D eigenvalue weighted by Gasteiger charge is 2.35. The van der Waals surface area contributed by atoms with Gasteiger partial charge in [-0.1, -0.05) is 11.6 Å². The van der Waals surface area contributed by atoms with Crippen LogP contribution in [0.5, 0.6) is 6.01 Å². The van der Waals surface area contributed by atoms with E-state index in [4.69, 9.17) is 21.4 Å². The quantitative estimate of drug-likeness (QED) is 0.657. The van der Waals surface area contributed by atoms with E-state index >= 15 is 0 Å². The Kier molecular flexibility index (Phi) is 3.02. The van der Waals surface area contributed by atoms with Gasteiger partial charge in [0.05, 0.1) is 19.0 Å². The van der Waals surface area contributed by atoms with E-state index in [-0.39, 0.29) is 11.8 Å². The normalized spacial score (nSPS) is 27.2. The van der Waals surface area contributed by atoms with Crippen molar-refractivity contribution in [1.29, 1.82) is 0 Å². The van der Waals surface area contributed by atoms with Gasteiger partial charge < -0.3 is 20.1 Å². The molecule has 2 aromatic rings. The first-order valence-electron chi connectivity index (χ1n) is 5.63. The molecule has 0 aromatic carbocycles. The van der Waals surface area contributed by atoms with E-state index in [2.05, 4.69) is 15.0 Å². The highest BCUT2D eigenvalue weighted by molar-refractivity contribution is 6.33. The third-order valence-electron chi connectivity index (χ3n) is 3.06. The Morgan fingerprint density at radius 1 is 1.47 bits per heavy atom. The summed E-state index contributed by atoms with van der Waals surface area (Å²) >= 11 is 5.85. The summed E-state index contributed by atoms with van der Waals surface area (Å²) in [5.74, 6) is 0. The molecule has 0 amide bonds. The van der Waals surface area contributed by atoms with Crippen LogP contribution in [0.1, 0.15) is 12.6 Å². The van der Waals surface area contributed by atoms with E-state index in [1.54, 1.807) is 4.57 Å². The van der Waals surface area contributed by atoms with Crippen molar-refractivity contribution in [3.05, 3.63) is 11.5 Å². The second-order valence-corrected chi connectivity index (χ2v) is 4.61. The van der Waals surface area contributed by atoms with Gasteiger partial charge in [-0.15, -0.1) is 0 Å². The Morgan fingerprint density at radius 2 is 2.26 bits per heavy atom. The van der Waals surface area contributed by atoms with Gasteiger partial charge in [-0.3, -0.25) is 4.57 Å². The summed E-state index contributed by atoms with van der Waals surface area (Å²) in [6, 6.07) is -0.462. The fraction of sp³-hybridized carbons (Fsp3) is 0.500. The molecule has 8 nitrogen and oxygen atoms in total. The topological polar surface area (TPSA) is 114 Å². The third-order valence-corrected chi connectivity index (χ3v) is 3.32. The van der Waals surface area contributed by atoms with E-state index in [1.165, 1.54) is 6.33 Å². The zero-order valence-electron chi connectivity index (χ0n) is 9.64. The number of halogens is 1. The van der Waals surface area contributed by atoms with Gasteiger partial charge in [0, 0.05) is 6.42 Å². The number of fused-ring (bicyclic) bond motifs is 1. The zero-order chi connectivity index (χ0) is 13.6. The van der Waals surface area contributed by atoms with Crippen molar-refractivity contribution in [1.82, 2.24) is 19.5 Å². The van der Waals surface area contributed by atoms with Crippen LogP contribution in [0.3, 0.4) is 0 Å². The summed E-state index contributed by atoms with van der Waals surface area (Å²) in [5, 5.41) is 28.2. The van der Waals surface area contributed by atoms with Crippen LogP contribution >= 0.6 is 11.6 Å². The summed E-state index contributed by atoms with van der Waals surface area (Å²) in [6.07, 6.45) is -0.199. The smallest absolute Gasteiger partial charge is 0.317 e. The van der Waals surface area contributed by atoms with Crippen molar-refractivity contribution in [3.8, 4) is 6.01 Å². The Morgan fingerprint density at radius 3 is 2.95 bits per heavy atom. The van der Waals surface area contributed by atoms with Gasteiger partial charge in [-0.25, -0.2) is 4.98 Å². The van der Waals surface area contributed by atoms with Crippen LogP contribution < -0.4 is 0 Å². The molecule has 1 fully saturated rings. The van der Waals surface area contributed by atoms with Crippen LogP contribution in [-0.2, 0) is 4.74 Å². The molecule has 3 atom stereocenters. The van der Waals surface area contributed by atoms with Crippen LogP contribution in [0.2, 0.25) is 5.15 Å². The fourth-order valence-electron chi connectivity index (χ4n) is 2.13. The van der Waals surface area contributed by atoms with Gasteiger partial charge in [-0.2, -0.15) is 9.97 Å². The Bertz CT molecular complexity index is 619. The van der Waals surface area contributed by atoms with Gasteiger partial charge >= 0.3 is 6.01 Å². The average molecular weight is 287 g/mol. The van der Waals surface area contributed by atoms with Gasteiger partial charge in [0.15, 0.2) is 10.8 Å². The van der Waals surface area contributed by atoms with Crippen molar-refractivity contribution in [3.63, 3.8) is 0 Å². The molecule has 0 saturated carbocycles. The van der Waals surface area contributed by atoms with E-state index in [0.717, 1.165) is 0 Å². The molecule has 1 aliphatic heterocycles. The summed E-state index contributed by atoms with van der Waals surface area (Å²) in [6.45, 7) is -0.273. The van der Waals surface area contributed by atoms with E-state index in [9.17, 15) is 10.2 Å². The molecule has 0 bridgehead atoms. The third kappa shape index (κ3) is 2.02. The van der Waals surface area contributed by atoms with E-state index < -0.39 is 24.4 Å². The molecule has 3 heterocycles. The minimum absolute atomic E-state index is 0.0403. The molecule has 1 aliphatic rings. The minimum atomic E-state index is -0.765. The molecular formula is C10H11ClN4O4. The van der Waals surface area contributed by atoms with Crippen molar-refractivity contribution >= 4 is 22.8 Å². The lowest BCUT2D eigenvalue weighted by Gasteiger charge is -2.13.